The van der Waals surface area contributed by atoms with E-state index in [1.54, 1.807) is 0 Å². The molecular formula is C20H33N3O2S. The fraction of sp³-hybridized carbons (Fsp3) is 0.900. The zero-order valence-electron chi connectivity index (χ0n) is 15.9. The van der Waals surface area contributed by atoms with Gasteiger partial charge in [0.05, 0.1) is 12.1 Å². The van der Waals surface area contributed by atoms with Crippen molar-refractivity contribution < 1.29 is 9.59 Å². The van der Waals surface area contributed by atoms with E-state index in [4.69, 9.17) is 0 Å². The summed E-state index contributed by atoms with van der Waals surface area (Å²) in [5.74, 6) is 2.93. The van der Waals surface area contributed by atoms with Crippen molar-refractivity contribution in [2.24, 2.45) is 11.8 Å². The predicted molar refractivity (Wildman–Crippen MR) is 105 cm³/mol. The second-order valence-corrected chi connectivity index (χ2v) is 10.0. The van der Waals surface area contributed by atoms with Gasteiger partial charge in [-0.25, -0.2) is 4.79 Å². The van der Waals surface area contributed by atoms with Crippen LogP contribution in [0.5, 0.6) is 0 Å². The Morgan fingerprint density at radius 1 is 1.19 bits per heavy atom. The molecular weight excluding hydrogens is 346 g/mol. The molecule has 6 heteroatoms. The van der Waals surface area contributed by atoms with Crippen LogP contribution in [0.25, 0.3) is 0 Å². The highest BCUT2D eigenvalue weighted by molar-refractivity contribution is 8.00. The second-order valence-electron chi connectivity index (χ2n) is 8.74. The maximum absolute atomic E-state index is 12.8. The maximum atomic E-state index is 12.8. The van der Waals surface area contributed by atoms with Crippen molar-refractivity contribution in [2.45, 2.75) is 88.1 Å². The molecule has 0 bridgehead atoms. The molecule has 0 aromatic carbocycles. The molecule has 5 nitrogen and oxygen atoms in total. The van der Waals surface area contributed by atoms with Gasteiger partial charge in [-0.05, 0) is 43.9 Å². The third-order valence-corrected chi connectivity index (χ3v) is 8.63. The van der Waals surface area contributed by atoms with E-state index < -0.39 is 0 Å². The average molecular weight is 380 g/mol. The number of rotatable bonds is 5. The summed E-state index contributed by atoms with van der Waals surface area (Å²) in [5, 5.41) is 6.56. The molecule has 1 saturated carbocycles. The van der Waals surface area contributed by atoms with Gasteiger partial charge in [0.1, 0.15) is 0 Å². The number of hydrogen-bond acceptors (Lipinski definition) is 3. The molecule has 0 aromatic heterocycles. The van der Waals surface area contributed by atoms with E-state index in [1.807, 2.05) is 11.8 Å². The average Bonchev–Trinajstić information content (AvgIpc) is 3.18. The number of piperidine rings is 1. The van der Waals surface area contributed by atoms with Gasteiger partial charge in [0, 0.05) is 30.0 Å². The van der Waals surface area contributed by atoms with Gasteiger partial charge in [-0.3, -0.25) is 4.79 Å². The second kappa shape index (κ2) is 7.99. The summed E-state index contributed by atoms with van der Waals surface area (Å²) in [7, 11) is 0. The Balaban J connectivity index is 1.21. The number of nitrogens with one attached hydrogen (secondary N) is 2. The summed E-state index contributed by atoms with van der Waals surface area (Å²) in [6, 6.07) is 1.10. The Hall–Kier alpha value is -0.910. The first kappa shape index (κ1) is 18.5. The summed E-state index contributed by atoms with van der Waals surface area (Å²) in [6.45, 7) is 3.36. The third-order valence-electron chi connectivity index (χ3n) is 7.13. The lowest BCUT2D eigenvalue weighted by molar-refractivity contribution is -0.139. The molecule has 4 aliphatic rings. The van der Waals surface area contributed by atoms with E-state index >= 15 is 0 Å². The van der Waals surface area contributed by atoms with Crippen molar-refractivity contribution in [3.05, 3.63) is 0 Å². The molecule has 3 amide bonds. The van der Waals surface area contributed by atoms with E-state index in [-0.39, 0.29) is 12.1 Å². The molecule has 0 aromatic rings. The minimum Gasteiger partial charge on any atom is -0.339 e. The molecule has 146 valence electrons. The number of amides is 3. The molecule has 6 atom stereocenters. The number of carbonyl (C=O) groups is 2. The Morgan fingerprint density at radius 3 is 2.92 bits per heavy atom. The van der Waals surface area contributed by atoms with Gasteiger partial charge in [0.2, 0.25) is 5.91 Å². The summed E-state index contributed by atoms with van der Waals surface area (Å²) >= 11 is 1.97. The van der Waals surface area contributed by atoms with Crippen LogP contribution in [0.1, 0.15) is 64.7 Å². The number of carbonyl (C=O) groups excluding carboxylic acids is 2. The topological polar surface area (TPSA) is 61.4 Å². The van der Waals surface area contributed by atoms with Crippen LogP contribution in [-0.4, -0.2) is 52.5 Å². The van der Waals surface area contributed by atoms with Gasteiger partial charge in [-0.15, -0.1) is 0 Å². The lowest BCUT2D eigenvalue weighted by Crippen LogP contribution is -2.52. The van der Waals surface area contributed by atoms with Crippen molar-refractivity contribution in [1.29, 1.82) is 0 Å². The molecule has 4 rings (SSSR count). The Morgan fingerprint density at radius 2 is 2.04 bits per heavy atom. The summed E-state index contributed by atoms with van der Waals surface area (Å²) in [4.78, 5) is 26.5. The molecule has 0 spiro atoms. The van der Waals surface area contributed by atoms with E-state index in [0.29, 0.717) is 29.7 Å². The van der Waals surface area contributed by atoms with Crippen LogP contribution in [0.4, 0.5) is 4.79 Å². The highest BCUT2D eigenvalue weighted by atomic mass is 32.2. The predicted octanol–water partition coefficient (Wildman–Crippen LogP) is 3.14. The van der Waals surface area contributed by atoms with Crippen molar-refractivity contribution >= 4 is 23.7 Å². The van der Waals surface area contributed by atoms with Crippen molar-refractivity contribution in [2.75, 3.05) is 12.3 Å². The monoisotopic (exact) mass is 379 g/mol. The Labute approximate surface area is 161 Å². The van der Waals surface area contributed by atoms with E-state index in [0.717, 1.165) is 43.4 Å². The first-order valence-corrected chi connectivity index (χ1v) is 11.7. The van der Waals surface area contributed by atoms with Gasteiger partial charge in [0.25, 0.3) is 0 Å². The van der Waals surface area contributed by atoms with Gasteiger partial charge in [-0.1, -0.05) is 26.2 Å². The molecule has 0 radical (unpaired) electrons. The molecule has 1 aliphatic carbocycles. The Bertz CT molecular complexity index is 543. The molecule has 0 unspecified atom stereocenters. The summed E-state index contributed by atoms with van der Waals surface area (Å²) < 4.78 is 0. The van der Waals surface area contributed by atoms with Crippen LogP contribution in [0.15, 0.2) is 0 Å². The van der Waals surface area contributed by atoms with Crippen LogP contribution in [-0.2, 0) is 4.79 Å². The van der Waals surface area contributed by atoms with Crippen molar-refractivity contribution in [1.82, 2.24) is 15.5 Å². The van der Waals surface area contributed by atoms with Crippen molar-refractivity contribution in [3.63, 3.8) is 0 Å². The van der Waals surface area contributed by atoms with Crippen LogP contribution in [0.2, 0.25) is 0 Å². The van der Waals surface area contributed by atoms with E-state index in [1.165, 1.54) is 32.1 Å². The normalized spacial score (nSPS) is 39.1. The zero-order valence-corrected chi connectivity index (χ0v) is 16.7. The fourth-order valence-corrected chi connectivity index (χ4v) is 7.17. The molecule has 3 saturated heterocycles. The number of fused-ring (bicyclic) bond motifs is 2. The minimum absolute atomic E-state index is 0.0122. The van der Waals surface area contributed by atoms with Crippen LogP contribution in [0, 0.1) is 11.8 Å². The van der Waals surface area contributed by atoms with Crippen LogP contribution in [0.3, 0.4) is 0 Å². The fourth-order valence-electron chi connectivity index (χ4n) is 5.63. The number of likely N-dealkylation sites (tertiary alicyclic amines) is 1. The number of unbranched alkanes of at least 4 members (excludes halogenated alkanes) is 1. The highest BCUT2D eigenvalue weighted by Gasteiger charge is 2.42. The van der Waals surface area contributed by atoms with Crippen LogP contribution >= 0.6 is 11.8 Å². The van der Waals surface area contributed by atoms with Gasteiger partial charge >= 0.3 is 6.03 Å². The zero-order chi connectivity index (χ0) is 18.1. The first-order valence-electron chi connectivity index (χ1n) is 10.6. The lowest BCUT2D eigenvalue weighted by atomic mass is 9.72. The molecule has 2 N–H and O–H groups in total. The van der Waals surface area contributed by atoms with E-state index in [2.05, 4.69) is 22.5 Å². The van der Waals surface area contributed by atoms with Gasteiger partial charge in [-0.2, -0.15) is 11.8 Å². The van der Waals surface area contributed by atoms with Gasteiger partial charge in [0.15, 0.2) is 0 Å². The first-order chi connectivity index (χ1) is 12.6. The smallest absolute Gasteiger partial charge is 0.315 e. The van der Waals surface area contributed by atoms with Gasteiger partial charge < -0.3 is 15.5 Å². The Kier molecular flexibility index (Phi) is 5.67. The largest absolute Gasteiger partial charge is 0.339 e. The lowest BCUT2D eigenvalue weighted by Gasteiger charge is -2.47. The number of nitrogens with zero attached hydrogens (tertiary/aromatic N) is 1. The van der Waals surface area contributed by atoms with E-state index in [9.17, 15) is 9.59 Å². The molecule has 3 heterocycles. The number of hydrogen-bond donors (Lipinski definition) is 2. The third kappa shape index (κ3) is 3.71. The minimum atomic E-state index is -0.0122. The number of thioether (sulfide) groups is 1. The molecule has 26 heavy (non-hydrogen) atoms. The molecule has 3 aliphatic heterocycles. The SMILES string of the molecule is C[C@@H]1CCN(C(=O)CCCC[C@@H]2SC[C@@H]3NC(=O)N[C@@H]32)[C@H]2CCCC[C@H]12. The van der Waals surface area contributed by atoms with Crippen molar-refractivity contribution in [3.8, 4) is 0 Å². The number of urea groups is 1. The maximum Gasteiger partial charge on any atom is 0.315 e. The van der Waals surface area contributed by atoms with Crippen LogP contribution < -0.4 is 10.6 Å². The summed E-state index contributed by atoms with van der Waals surface area (Å²) in [5.41, 5.74) is 0. The quantitative estimate of drug-likeness (QED) is 0.570. The summed E-state index contributed by atoms with van der Waals surface area (Å²) in [6.07, 6.45) is 10.2. The highest BCUT2D eigenvalue weighted by Crippen LogP contribution is 2.39. The molecule has 4 fully saturated rings. The standard InChI is InChI=1S/C20H33N3O2S/c1-13-10-11-23(16-7-3-2-6-14(13)16)18(24)9-5-4-8-17-19-15(12-26-17)21-20(25)22-19/h13-17,19H,2-12H2,1H3,(H2,21,22,25)/t13-,14-,15+,16+,17+,19+/m1/s1.